The highest BCUT2D eigenvalue weighted by atomic mass is 14.5. The summed E-state index contributed by atoms with van der Waals surface area (Å²) in [5.74, 6) is 0.878. The van der Waals surface area contributed by atoms with Gasteiger partial charge in [-0.2, -0.15) is 0 Å². The fourth-order valence-electron chi connectivity index (χ4n) is 0.731. The minimum absolute atomic E-state index is 0.300. The molecule has 8 heavy (non-hydrogen) atoms. The van der Waals surface area contributed by atoms with Gasteiger partial charge in [0.2, 0.25) is 0 Å². The molecule has 46 valence electrons. The van der Waals surface area contributed by atoms with Gasteiger partial charge < -0.3 is 5.73 Å². The highest BCUT2D eigenvalue weighted by molar-refractivity contribution is 6.11. The predicted octanol–water partition coefficient (Wildman–Crippen LogP) is 0.948. The molecule has 0 aromatic carbocycles. The van der Waals surface area contributed by atoms with Gasteiger partial charge in [-0.15, -0.1) is 0 Å². The van der Waals surface area contributed by atoms with Crippen molar-refractivity contribution in [2.24, 2.45) is 11.7 Å². The maximum atomic E-state index is 5.51. The lowest BCUT2D eigenvalue weighted by Gasteiger charge is -2.09. The average molecular weight is 111 g/mol. The van der Waals surface area contributed by atoms with E-state index in [4.69, 9.17) is 13.6 Å². The van der Waals surface area contributed by atoms with Crippen LogP contribution in [-0.4, -0.2) is 14.4 Å². The molecule has 2 radical (unpaired) electrons. The van der Waals surface area contributed by atoms with Crippen LogP contribution in [0.4, 0.5) is 0 Å². The van der Waals surface area contributed by atoms with E-state index in [-0.39, 0.29) is 0 Å². The third-order valence-corrected chi connectivity index (χ3v) is 1.18. The first-order valence-electron chi connectivity index (χ1n) is 3.12. The van der Waals surface area contributed by atoms with E-state index in [0.717, 1.165) is 13.0 Å². The summed E-state index contributed by atoms with van der Waals surface area (Å²) in [6, 6.07) is 0. The van der Waals surface area contributed by atoms with Crippen LogP contribution in [0.1, 0.15) is 20.3 Å². The van der Waals surface area contributed by atoms with E-state index >= 15 is 0 Å². The first-order chi connectivity index (χ1) is 3.66. The molecule has 0 aliphatic carbocycles. The molecule has 0 aromatic heterocycles. The lowest BCUT2D eigenvalue weighted by atomic mass is 9.82. The Bertz CT molecular complexity index is 54.5. The maximum Gasteiger partial charge on any atom is 0.0695 e. The Morgan fingerprint density at radius 1 is 1.50 bits per heavy atom. The maximum absolute atomic E-state index is 5.51. The minimum atomic E-state index is 0.300. The van der Waals surface area contributed by atoms with E-state index < -0.39 is 0 Å². The van der Waals surface area contributed by atoms with Gasteiger partial charge in [-0.25, -0.2) is 0 Å². The van der Waals surface area contributed by atoms with E-state index in [9.17, 15) is 0 Å². The second-order valence-electron chi connectivity index (χ2n) is 2.55. The number of rotatable bonds is 3. The standard InChI is InChI=1S/C6H14BN/c1-5(4-8)3-6(2)7/h5-6H,3-4,8H2,1-2H3. The monoisotopic (exact) mass is 111 g/mol. The van der Waals surface area contributed by atoms with Gasteiger partial charge in [-0.1, -0.05) is 26.1 Å². The van der Waals surface area contributed by atoms with Crippen LogP contribution in [0.15, 0.2) is 0 Å². The van der Waals surface area contributed by atoms with Crippen LogP contribution >= 0.6 is 0 Å². The van der Waals surface area contributed by atoms with E-state index in [0.29, 0.717) is 11.7 Å². The molecule has 0 saturated carbocycles. The molecule has 2 heteroatoms. The number of hydrogen-bond acceptors (Lipinski definition) is 1. The predicted molar refractivity (Wildman–Crippen MR) is 38.0 cm³/mol. The molecular weight excluding hydrogens is 96.9 g/mol. The van der Waals surface area contributed by atoms with Gasteiger partial charge in [0.15, 0.2) is 0 Å². The van der Waals surface area contributed by atoms with Crippen molar-refractivity contribution in [2.75, 3.05) is 6.54 Å². The van der Waals surface area contributed by atoms with Crippen molar-refractivity contribution in [1.82, 2.24) is 0 Å². The van der Waals surface area contributed by atoms with Crippen LogP contribution in [0, 0.1) is 5.92 Å². The third kappa shape index (κ3) is 4.19. The number of nitrogens with two attached hydrogens (primary N) is 1. The molecule has 0 rings (SSSR count). The minimum Gasteiger partial charge on any atom is -0.330 e. The molecule has 0 aromatic rings. The molecule has 2 unspecified atom stereocenters. The van der Waals surface area contributed by atoms with Gasteiger partial charge in [0.25, 0.3) is 0 Å². The van der Waals surface area contributed by atoms with Crippen molar-refractivity contribution < 1.29 is 0 Å². The Balaban J connectivity index is 3.10. The molecule has 0 aliphatic rings. The molecule has 0 aliphatic heterocycles. The molecule has 2 N–H and O–H groups in total. The molecule has 1 nitrogen and oxygen atoms in total. The molecule has 0 heterocycles. The topological polar surface area (TPSA) is 26.0 Å². The van der Waals surface area contributed by atoms with Gasteiger partial charge in [-0.05, 0) is 12.5 Å². The van der Waals surface area contributed by atoms with Gasteiger partial charge >= 0.3 is 0 Å². The number of hydrogen-bond donors (Lipinski definition) is 1. The summed E-state index contributed by atoms with van der Waals surface area (Å²) in [5, 5.41) is 0. The molecule has 0 fully saturated rings. The molecular formula is C6H14BN. The molecule has 0 bridgehead atoms. The van der Waals surface area contributed by atoms with Crippen LogP contribution < -0.4 is 5.73 Å². The summed E-state index contributed by atoms with van der Waals surface area (Å²) >= 11 is 0. The quantitative estimate of drug-likeness (QED) is 0.539. The molecule has 0 saturated heterocycles. The Morgan fingerprint density at radius 3 is 2.12 bits per heavy atom. The zero-order valence-corrected chi connectivity index (χ0v) is 5.72. The van der Waals surface area contributed by atoms with E-state index in [1.807, 2.05) is 6.92 Å². The smallest absolute Gasteiger partial charge is 0.0695 e. The molecule has 2 atom stereocenters. The van der Waals surface area contributed by atoms with Crippen molar-refractivity contribution in [1.29, 1.82) is 0 Å². The van der Waals surface area contributed by atoms with E-state index in [2.05, 4.69) is 6.92 Å². The summed E-state index contributed by atoms with van der Waals surface area (Å²) < 4.78 is 0. The van der Waals surface area contributed by atoms with E-state index in [1.165, 1.54) is 0 Å². The summed E-state index contributed by atoms with van der Waals surface area (Å²) in [4.78, 5) is 0. The fourth-order valence-corrected chi connectivity index (χ4v) is 0.731. The van der Waals surface area contributed by atoms with Crippen molar-refractivity contribution in [3.05, 3.63) is 0 Å². The largest absolute Gasteiger partial charge is 0.330 e. The first-order valence-corrected chi connectivity index (χ1v) is 3.12. The van der Waals surface area contributed by atoms with E-state index in [1.54, 1.807) is 0 Å². The average Bonchev–Trinajstić information content (AvgIpc) is 1.65. The van der Waals surface area contributed by atoms with Crippen molar-refractivity contribution in [3.63, 3.8) is 0 Å². The molecule has 0 spiro atoms. The zero-order chi connectivity index (χ0) is 6.57. The van der Waals surface area contributed by atoms with Gasteiger partial charge in [0.1, 0.15) is 0 Å². The lowest BCUT2D eigenvalue weighted by molar-refractivity contribution is 0.536. The van der Waals surface area contributed by atoms with Gasteiger partial charge in [0.05, 0.1) is 7.85 Å². The Labute approximate surface area is 53.1 Å². The highest BCUT2D eigenvalue weighted by Crippen LogP contribution is 2.10. The van der Waals surface area contributed by atoms with Crippen molar-refractivity contribution >= 4 is 7.85 Å². The van der Waals surface area contributed by atoms with Gasteiger partial charge in [-0.3, -0.25) is 0 Å². The summed E-state index contributed by atoms with van der Waals surface area (Å²) in [6.07, 6.45) is 1.04. The normalized spacial score (nSPS) is 17.9. The summed E-state index contributed by atoms with van der Waals surface area (Å²) in [7, 11) is 5.51. The second-order valence-corrected chi connectivity index (χ2v) is 2.55. The van der Waals surface area contributed by atoms with Crippen LogP contribution in [0.5, 0.6) is 0 Å². The van der Waals surface area contributed by atoms with Crippen LogP contribution in [-0.2, 0) is 0 Å². The molecule has 0 amide bonds. The third-order valence-electron chi connectivity index (χ3n) is 1.18. The van der Waals surface area contributed by atoms with Crippen LogP contribution in [0.25, 0.3) is 0 Å². The van der Waals surface area contributed by atoms with Crippen LogP contribution in [0.2, 0.25) is 5.82 Å². The van der Waals surface area contributed by atoms with Crippen molar-refractivity contribution in [2.45, 2.75) is 26.1 Å². The Kier molecular flexibility index (Phi) is 3.97. The SMILES string of the molecule is [B]C(C)CC(C)CN. The fraction of sp³-hybridized carbons (Fsp3) is 1.00. The van der Waals surface area contributed by atoms with Crippen LogP contribution in [0.3, 0.4) is 0 Å². The zero-order valence-electron chi connectivity index (χ0n) is 5.72. The van der Waals surface area contributed by atoms with Crippen molar-refractivity contribution in [3.8, 4) is 0 Å². The first kappa shape index (κ1) is 8.02. The summed E-state index contributed by atoms with van der Waals surface area (Å²) in [6.45, 7) is 4.87. The highest BCUT2D eigenvalue weighted by Gasteiger charge is 2.00. The lowest BCUT2D eigenvalue weighted by Crippen LogP contribution is -2.11. The van der Waals surface area contributed by atoms with Gasteiger partial charge in [0, 0.05) is 0 Å². The second kappa shape index (κ2) is 3.96. The Hall–Kier alpha value is 0.0249. The Morgan fingerprint density at radius 2 is 2.00 bits per heavy atom. The summed E-state index contributed by atoms with van der Waals surface area (Å²) in [5.41, 5.74) is 5.36.